The first kappa shape index (κ1) is 14.3. The molecule has 0 saturated carbocycles. The highest BCUT2D eigenvalue weighted by Gasteiger charge is 2.06. The molecule has 0 bridgehead atoms. The van der Waals surface area contributed by atoms with Crippen molar-refractivity contribution >= 4 is 5.69 Å². The van der Waals surface area contributed by atoms with Crippen molar-refractivity contribution in [3.63, 3.8) is 0 Å². The third kappa shape index (κ3) is 3.44. The van der Waals surface area contributed by atoms with Gasteiger partial charge in [-0.25, -0.2) is 0 Å². The van der Waals surface area contributed by atoms with Crippen LogP contribution in [0.3, 0.4) is 0 Å². The van der Waals surface area contributed by atoms with Crippen molar-refractivity contribution in [2.45, 2.75) is 26.8 Å². The van der Waals surface area contributed by atoms with Crippen LogP contribution in [0.25, 0.3) is 0 Å². The molecule has 2 aromatic rings. The van der Waals surface area contributed by atoms with E-state index in [0.29, 0.717) is 12.4 Å². The third-order valence-electron chi connectivity index (χ3n) is 3.28. The molecule has 0 aliphatic rings. The summed E-state index contributed by atoms with van der Waals surface area (Å²) in [5.74, 6) is 1.20. The molecule has 0 spiro atoms. The van der Waals surface area contributed by atoms with Crippen molar-refractivity contribution in [3.05, 3.63) is 53.6 Å². The average Bonchev–Trinajstić information content (AvgIpc) is 2.44. The minimum absolute atomic E-state index is 0.160. The zero-order valence-electron chi connectivity index (χ0n) is 12.2. The van der Waals surface area contributed by atoms with E-state index >= 15 is 0 Å². The molecule has 0 amide bonds. The number of benzene rings is 2. The van der Waals surface area contributed by atoms with Gasteiger partial charge in [-0.15, -0.1) is 0 Å². The van der Waals surface area contributed by atoms with E-state index < -0.39 is 0 Å². The van der Waals surface area contributed by atoms with E-state index in [2.05, 4.69) is 24.4 Å². The van der Waals surface area contributed by atoms with Crippen molar-refractivity contribution in [1.82, 2.24) is 0 Å². The maximum absolute atomic E-state index is 9.72. The van der Waals surface area contributed by atoms with Crippen molar-refractivity contribution in [2.24, 2.45) is 0 Å². The number of hydrogen-bond acceptors (Lipinski definition) is 3. The Hall–Kier alpha value is -2.16. The Bertz CT molecular complexity index is 564. The highest BCUT2D eigenvalue weighted by molar-refractivity contribution is 5.52. The number of hydrogen-bond donors (Lipinski definition) is 2. The molecule has 0 radical (unpaired) electrons. The Balaban J connectivity index is 2.06. The fourth-order valence-corrected chi connectivity index (χ4v) is 2.05. The standard InChI is InChI=1S/C17H21NO2/c1-4-20-16-9-6-14(7-10-16)13(3)18-15-8-5-12(2)17(19)11-15/h5-11,13,18-19H,4H2,1-3H3. The summed E-state index contributed by atoms with van der Waals surface area (Å²) in [4.78, 5) is 0. The number of phenolic OH excluding ortho intramolecular Hbond substituents is 1. The average molecular weight is 271 g/mol. The molecule has 0 heterocycles. The molecule has 2 rings (SSSR count). The van der Waals surface area contributed by atoms with Gasteiger partial charge in [0.05, 0.1) is 6.61 Å². The van der Waals surface area contributed by atoms with Gasteiger partial charge in [0.1, 0.15) is 11.5 Å². The first-order valence-corrected chi connectivity index (χ1v) is 6.89. The van der Waals surface area contributed by atoms with Crippen molar-refractivity contribution < 1.29 is 9.84 Å². The summed E-state index contributed by atoms with van der Waals surface area (Å²) in [5, 5.41) is 13.1. The maximum atomic E-state index is 9.72. The fraction of sp³-hybridized carbons (Fsp3) is 0.294. The first-order chi connectivity index (χ1) is 9.60. The lowest BCUT2D eigenvalue weighted by Gasteiger charge is -2.16. The molecule has 0 aliphatic carbocycles. The summed E-state index contributed by atoms with van der Waals surface area (Å²) in [7, 11) is 0. The van der Waals surface area contributed by atoms with Gasteiger partial charge in [0, 0.05) is 17.8 Å². The molecule has 0 saturated heterocycles. The first-order valence-electron chi connectivity index (χ1n) is 6.89. The minimum Gasteiger partial charge on any atom is -0.508 e. The van der Waals surface area contributed by atoms with Gasteiger partial charge in [-0.2, -0.15) is 0 Å². The lowest BCUT2D eigenvalue weighted by atomic mass is 10.1. The molecule has 0 aromatic heterocycles. The van der Waals surface area contributed by atoms with Crippen LogP contribution in [-0.2, 0) is 0 Å². The van der Waals surface area contributed by atoms with Gasteiger partial charge < -0.3 is 15.2 Å². The summed E-state index contributed by atoms with van der Waals surface area (Å²) in [6, 6.07) is 13.8. The Morgan fingerprint density at radius 2 is 1.85 bits per heavy atom. The number of rotatable bonds is 5. The summed E-state index contributed by atoms with van der Waals surface area (Å²) in [6.45, 7) is 6.62. The molecule has 2 aromatic carbocycles. The number of nitrogens with one attached hydrogen (secondary N) is 1. The smallest absolute Gasteiger partial charge is 0.120 e. The van der Waals surface area contributed by atoms with E-state index in [1.165, 1.54) is 5.56 Å². The summed E-state index contributed by atoms with van der Waals surface area (Å²) in [5.41, 5.74) is 2.97. The highest BCUT2D eigenvalue weighted by Crippen LogP contribution is 2.25. The number of anilines is 1. The lowest BCUT2D eigenvalue weighted by Crippen LogP contribution is -2.06. The minimum atomic E-state index is 0.160. The van der Waals surface area contributed by atoms with E-state index in [9.17, 15) is 5.11 Å². The number of ether oxygens (including phenoxy) is 1. The second-order valence-electron chi connectivity index (χ2n) is 4.87. The second kappa shape index (κ2) is 6.33. The zero-order valence-corrected chi connectivity index (χ0v) is 12.2. The largest absolute Gasteiger partial charge is 0.508 e. The van der Waals surface area contributed by atoms with Crippen molar-refractivity contribution in [1.29, 1.82) is 0 Å². The van der Waals surface area contributed by atoms with Crippen LogP contribution < -0.4 is 10.1 Å². The maximum Gasteiger partial charge on any atom is 0.120 e. The van der Waals surface area contributed by atoms with Crippen LogP contribution >= 0.6 is 0 Å². The highest BCUT2D eigenvalue weighted by atomic mass is 16.5. The normalized spacial score (nSPS) is 11.9. The van der Waals surface area contributed by atoms with Gasteiger partial charge in [0.15, 0.2) is 0 Å². The molecular weight excluding hydrogens is 250 g/mol. The number of aromatic hydroxyl groups is 1. The van der Waals surface area contributed by atoms with Crippen molar-refractivity contribution in [3.8, 4) is 11.5 Å². The molecule has 3 nitrogen and oxygen atoms in total. The van der Waals surface area contributed by atoms with Crippen LogP contribution in [0.1, 0.15) is 31.0 Å². The van der Waals surface area contributed by atoms with E-state index in [-0.39, 0.29) is 6.04 Å². The molecule has 106 valence electrons. The van der Waals surface area contributed by atoms with Gasteiger partial charge in [-0.1, -0.05) is 18.2 Å². The van der Waals surface area contributed by atoms with Gasteiger partial charge in [0.25, 0.3) is 0 Å². The Morgan fingerprint density at radius 1 is 1.15 bits per heavy atom. The molecule has 1 unspecified atom stereocenters. The molecular formula is C17H21NO2. The topological polar surface area (TPSA) is 41.5 Å². The molecule has 1 atom stereocenters. The second-order valence-corrected chi connectivity index (χ2v) is 4.87. The van der Waals surface area contributed by atoms with E-state index in [4.69, 9.17) is 4.74 Å². The molecule has 0 fully saturated rings. The quantitative estimate of drug-likeness (QED) is 0.853. The van der Waals surface area contributed by atoms with Crippen LogP contribution in [0.5, 0.6) is 11.5 Å². The Morgan fingerprint density at radius 3 is 2.45 bits per heavy atom. The van der Waals surface area contributed by atoms with Gasteiger partial charge >= 0.3 is 0 Å². The molecule has 3 heteroatoms. The van der Waals surface area contributed by atoms with Gasteiger partial charge in [-0.3, -0.25) is 0 Å². The molecule has 20 heavy (non-hydrogen) atoms. The van der Waals surface area contributed by atoms with Crippen LogP contribution in [0.15, 0.2) is 42.5 Å². The lowest BCUT2D eigenvalue weighted by molar-refractivity contribution is 0.340. The Kier molecular flexibility index (Phi) is 4.51. The van der Waals surface area contributed by atoms with Crippen LogP contribution in [-0.4, -0.2) is 11.7 Å². The van der Waals surface area contributed by atoms with E-state index in [1.54, 1.807) is 6.07 Å². The van der Waals surface area contributed by atoms with E-state index in [1.807, 2.05) is 38.1 Å². The number of phenols is 1. The fourth-order valence-electron chi connectivity index (χ4n) is 2.05. The van der Waals surface area contributed by atoms with Crippen LogP contribution in [0, 0.1) is 6.92 Å². The number of aryl methyl sites for hydroxylation is 1. The predicted octanol–water partition coefficient (Wildman–Crippen LogP) is 4.27. The zero-order chi connectivity index (χ0) is 14.5. The Labute approximate surface area is 120 Å². The van der Waals surface area contributed by atoms with Crippen LogP contribution in [0.4, 0.5) is 5.69 Å². The van der Waals surface area contributed by atoms with Crippen LogP contribution in [0.2, 0.25) is 0 Å². The monoisotopic (exact) mass is 271 g/mol. The SMILES string of the molecule is CCOc1ccc(C(C)Nc2ccc(C)c(O)c2)cc1. The predicted molar refractivity (Wildman–Crippen MR) is 82.5 cm³/mol. The third-order valence-corrected chi connectivity index (χ3v) is 3.28. The van der Waals surface area contributed by atoms with E-state index in [0.717, 1.165) is 17.0 Å². The summed E-state index contributed by atoms with van der Waals surface area (Å²) < 4.78 is 5.43. The molecule has 2 N–H and O–H groups in total. The van der Waals surface area contributed by atoms with Crippen molar-refractivity contribution in [2.75, 3.05) is 11.9 Å². The summed E-state index contributed by atoms with van der Waals surface area (Å²) in [6.07, 6.45) is 0. The van der Waals surface area contributed by atoms with Gasteiger partial charge in [0.2, 0.25) is 0 Å². The molecule has 0 aliphatic heterocycles. The summed E-state index contributed by atoms with van der Waals surface area (Å²) >= 11 is 0. The van der Waals surface area contributed by atoms with Gasteiger partial charge in [-0.05, 0) is 50.1 Å².